The number of hydrogen-bond donors (Lipinski definition) is 1. The van der Waals surface area contributed by atoms with Crippen LogP contribution in [0.4, 0.5) is 8.78 Å². The van der Waals surface area contributed by atoms with Crippen LogP contribution in [0, 0.1) is 0 Å². The third-order valence-corrected chi connectivity index (χ3v) is 0.969. The van der Waals surface area contributed by atoms with Crippen molar-refractivity contribution >= 4 is 5.97 Å². The number of carbonyl (C=O) groups excluding carboxylic acids is 1. The molecule has 10 heavy (non-hydrogen) atoms. The van der Waals surface area contributed by atoms with Crippen LogP contribution in [0.2, 0.25) is 0 Å². The highest BCUT2D eigenvalue weighted by Gasteiger charge is 2.27. The summed E-state index contributed by atoms with van der Waals surface area (Å²) in [6, 6.07) is 0. The molecule has 0 aliphatic rings. The first-order chi connectivity index (χ1) is 4.63. The lowest BCUT2D eigenvalue weighted by Crippen LogP contribution is -2.33. The van der Waals surface area contributed by atoms with Gasteiger partial charge in [-0.25, -0.2) is 13.6 Å². The first kappa shape index (κ1) is 9.29. The molecule has 0 bridgehead atoms. The lowest BCUT2D eigenvalue weighted by atomic mass is 10.2. The van der Waals surface area contributed by atoms with Crippen LogP contribution >= 0.6 is 0 Å². The minimum atomic E-state index is -2.25. The molecular formula is C5H9F2NO2. The Kier molecular flexibility index (Phi) is 3.87. The molecule has 60 valence electrons. The maximum Gasteiger partial charge on any atom is 0.343 e. The zero-order valence-corrected chi connectivity index (χ0v) is 5.51. The summed E-state index contributed by atoms with van der Waals surface area (Å²) in [6.45, 7) is -0.518. The zero-order chi connectivity index (χ0) is 8.15. The summed E-state index contributed by atoms with van der Waals surface area (Å²) in [6.07, 6.45) is -4.22. The van der Waals surface area contributed by atoms with Gasteiger partial charge in [-0.3, -0.25) is 0 Å². The van der Waals surface area contributed by atoms with E-state index in [9.17, 15) is 13.6 Å². The number of rotatable bonds is 3. The van der Waals surface area contributed by atoms with Gasteiger partial charge in [0.25, 0.3) is 0 Å². The SMILES string of the molecule is COC(=O)C(F)C(F)CN. The second-order valence-electron chi connectivity index (χ2n) is 1.68. The molecule has 2 unspecified atom stereocenters. The van der Waals surface area contributed by atoms with E-state index in [0.29, 0.717) is 0 Å². The first-order valence-electron chi connectivity index (χ1n) is 2.69. The van der Waals surface area contributed by atoms with Gasteiger partial charge >= 0.3 is 5.97 Å². The molecule has 0 rings (SSSR count). The van der Waals surface area contributed by atoms with Crippen LogP contribution in [0.25, 0.3) is 0 Å². The van der Waals surface area contributed by atoms with Gasteiger partial charge < -0.3 is 10.5 Å². The Labute approximate surface area is 57.1 Å². The number of carbonyl (C=O) groups is 1. The topological polar surface area (TPSA) is 52.3 Å². The van der Waals surface area contributed by atoms with Crippen LogP contribution < -0.4 is 5.73 Å². The summed E-state index contributed by atoms with van der Waals surface area (Å²) in [4.78, 5) is 10.2. The van der Waals surface area contributed by atoms with E-state index in [4.69, 9.17) is 5.73 Å². The van der Waals surface area contributed by atoms with Crippen molar-refractivity contribution in [3.8, 4) is 0 Å². The van der Waals surface area contributed by atoms with Crippen molar-refractivity contribution in [2.24, 2.45) is 5.73 Å². The highest BCUT2D eigenvalue weighted by Crippen LogP contribution is 2.03. The van der Waals surface area contributed by atoms with Crippen molar-refractivity contribution < 1.29 is 18.3 Å². The van der Waals surface area contributed by atoms with Crippen LogP contribution in [0.1, 0.15) is 0 Å². The zero-order valence-electron chi connectivity index (χ0n) is 5.51. The van der Waals surface area contributed by atoms with E-state index >= 15 is 0 Å². The number of halogens is 2. The largest absolute Gasteiger partial charge is 0.467 e. The molecule has 0 saturated carbocycles. The maximum absolute atomic E-state index is 12.3. The molecule has 3 nitrogen and oxygen atoms in total. The number of alkyl halides is 2. The number of nitrogens with two attached hydrogens (primary N) is 1. The maximum atomic E-state index is 12.3. The van der Waals surface area contributed by atoms with Crippen LogP contribution in [0.5, 0.6) is 0 Å². The second-order valence-corrected chi connectivity index (χ2v) is 1.68. The third kappa shape index (κ3) is 2.26. The fourth-order valence-corrected chi connectivity index (χ4v) is 0.380. The molecule has 0 saturated heterocycles. The molecule has 0 aromatic carbocycles. The van der Waals surface area contributed by atoms with Crippen LogP contribution in [0.15, 0.2) is 0 Å². The quantitative estimate of drug-likeness (QED) is 0.571. The molecule has 5 heteroatoms. The van der Waals surface area contributed by atoms with Gasteiger partial charge in [0, 0.05) is 6.54 Å². The standard InChI is InChI=1S/C5H9F2NO2/c1-10-5(9)4(7)3(6)2-8/h3-4H,2,8H2,1H3. The van der Waals surface area contributed by atoms with Crippen molar-refractivity contribution in [3.05, 3.63) is 0 Å². The van der Waals surface area contributed by atoms with Gasteiger partial charge in [-0.1, -0.05) is 0 Å². The fourth-order valence-electron chi connectivity index (χ4n) is 0.380. The van der Waals surface area contributed by atoms with Gasteiger partial charge in [0.2, 0.25) is 6.17 Å². The van der Waals surface area contributed by atoms with E-state index in [1.54, 1.807) is 0 Å². The highest BCUT2D eigenvalue weighted by molar-refractivity contribution is 5.75. The molecule has 0 spiro atoms. The minimum Gasteiger partial charge on any atom is -0.467 e. The second kappa shape index (κ2) is 4.16. The van der Waals surface area contributed by atoms with Gasteiger partial charge in [0.1, 0.15) is 0 Å². The van der Waals surface area contributed by atoms with Crippen molar-refractivity contribution in [1.29, 1.82) is 0 Å². The summed E-state index contributed by atoms with van der Waals surface area (Å²) >= 11 is 0. The predicted octanol–water partition coefficient (Wildman–Crippen LogP) is -0.206. The normalized spacial score (nSPS) is 16.0. The molecule has 0 aliphatic carbocycles. The van der Waals surface area contributed by atoms with Gasteiger partial charge in [0.05, 0.1) is 7.11 Å². The van der Waals surface area contributed by atoms with Crippen molar-refractivity contribution in [3.63, 3.8) is 0 Å². The molecule has 0 aromatic heterocycles. The first-order valence-corrected chi connectivity index (χ1v) is 2.69. The summed E-state index contributed by atoms with van der Waals surface area (Å²) < 4.78 is 28.3. The summed E-state index contributed by atoms with van der Waals surface area (Å²) in [5.41, 5.74) is 4.74. The van der Waals surface area contributed by atoms with Crippen molar-refractivity contribution in [2.45, 2.75) is 12.3 Å². The Morgan fingerprint density at radius 2 is 2.20 bits per heavy atom. The monoisotopic (exact) mass is 153 g/mol. The van der Waals surface area contributed by atoms with E-state index in [0.717, 1.165) is 7.11 Å². The van der Waals surface area contributed by atoms with E-state index in [-0.39, 0.29) is 0 Å². The Bertz CT molecular complexity index is 120. The van der Waals surface area contributed by atoms with Gasteiger partial charge in [-0.15, -0.1) is 0 Å². The third-order valence-electron chi connectivity index (χ3n) is 0.969. The van der Waals surface area contributed by atoms with E-state index < -0.39 is 24.9 Å². The predicted molar refractivity (Wildman–Crippen MR) is 30.9 cm³/mol. The smallest absolute Gasteiger partial charge is 0.343 e. The molecule has 2 atom stereocenters. The van der Waals surface area contributed by atoms with Gasteiger partial charge in [0.15, 0.2) is 6.17 Å². The van der Waals surface area contributed by atoms with E-state index in [1.807, 2.05) is 0 Å². The molecule has 0 aliphatic heterocycles. The molecule has 0 heterocycles. The lowest BCUT2D eigenvalue weighted by Gasteiger charge is -2.07. The minimum absolute atomic E-state index is 0.518. The number of hydrogen-bond acceptors (Lipinski definition) is 3. The molecule has 0 fully saturated rings. The molecule has 0 amide bonds. The Balaban J connectivity index is 3.81. The van der Waals surface area contributed by atoms with Crippen LogP contribution in [-0.4, -0.2) is 32.0 Å². The van der Waals surface area contributed by atoms with Crippen LogP contribution in [-0.2, 0) is 9.53 Å². The van der Waals surface area contributed by atoms with Crippen molar-refractivity contribution in [1.82, 2.24) is 0 Å². The number of methoxy groups -OCH3 is 1. The molecule has 0 aromatic rings. The average Bonchev–Trinajstić information content (AvgIpc) is 2.00. The Morgan fingerprint density at radius 1 is 1.70 bits per heavy atom. The highest BCUT2D eigenvalue weighted by atomic mass is 19.2. The summed E-state index contributed by atoms with van der Waals surface area (Å²) in [5, 5.41) is 0. The Morgan fingerprint density at radius 3 is 2.50 bits per heavy atom. The molecular weight excluding hydrogens is 144 g/mol. The lowest BCUT2D eigenvalue weighted by molar-refractivity contribution is -0.148. The average molecular weight is 153 g/mol. The van der Waals surface area contributed by atoms with Crippen molar-refractivity contribution in [2.75, 3.05) is 13.7 Å². The van der Waals surface area contributed by atoms with E-state index in [1.165, 1.54) is 0 Å². The Hall–Kier alpha value is -0.710. The van der Waals surface area contributed by atoms with Gasteiger partial charge in [-0.2, -0.15) is 0 Å². The van der Waals surface area contributed by atoms with Crippen LogP contribution in [0.3, 0.4) is 0 Å². The number of ether oxygens (including phenoxy) is 1. The van der Waals surface area contributed by atoms with E-state index in [2.05, 4.69) is 4.74 Å². The molecule has 0 radical (unpaired) electrons. The summed E-state index contributed by atoms with van der Waals surface area (Å²) in [5.74, 6) is -1.22. The van der Waals surface area contributed by atoms with Gasteiger partial charge in [-0.05, 0) is 0 Å². The fraction of sp³-hybridized carbons (Fsp3) is 0.800. The molecule has 2 N–H and O–H groups in total. The number of esters is 1. The summed E-state index contributed by atoms with van der Waals surface area (Å²) in [7, 11) is 0.984.